The van der Waals surface area contributed by atoms with Crippen molar-refractivity contribution in [2.24, 2.45) is 7.05 Å². The number of aryl methyl sites for hydroxylation is 1. The predicted octanol–water partition coefficient (Wildman–Crippen LogP) is 2.92. The Kier molecular flexibility index (Phi) is 4.62. The Morgan fingerprint density at radius 1 is 1.33 bits per heavy atom. The van der Waals surface area contributed by atoms with Crippen molar-refractivity contribution in [2.45, 2.75) is 25.6 Å². The number of hydrogen-bond acceptors (Lipinski definition) is 3. The van der Waals surface area contributed by atoms with Crippen LogP contribution in [0.4, 0.5) is 13.2 Å². The number of rotatable bonds is 5. The summed E-state index contributed by atoms with van der Waals surface area (Å²) in [7, 11) is 1.73. The largest absolute Gasteiger partial charge is 0.416 e. The topological polar surface area (TPSA) is 42.7 Å². The summed E-state index contributed by atoms with van der Waals surface area (Å²) in [6, 6.07) is 2.08. The maximum Gasteiger partial charge on any atom is 0.416 e. The quantitative estimate of drug-likeness (QED) is 0.923. The third kappa shape index (κ3) is 3.60. The number of nitrogens with zero attached hydrogens (tertiary/aromatic N) is 3. The lowest BCUT2D eigenvalue weighted by atomic mass is 9.99. The average Bonchev–Trinajstić information content (AvgIpc) is 2.85. The van der Waals surface area contributed by atoms with Crippen molar-refractivity contribution in [1.29, 1.82) is 0 Å². The maximum absolute atomic E-state index is 13.2. The van der Waals surface area contributed by atoms with Gasteiger partial charge in [-0.25, -0.2) is 0 Å². The van der Waals surface area contributed by atoms with Crippen molar-refractivity contribution in [3.63, 3.8) is 0 Å². The third-order valence-electron chi connectivity index (χ3n) is 3.10. The zero-order valence-electron chi connectivity index (χ0n) is 11.9. The van der Waals surface area contributed by atoms with Gasteiger partial charge in [0, 0.05) is 31.2 Å². The zero-order chi connectivity index (χ0) is 15.5. The van der Waals surface area contributed by atoms with E-state index in [2.05, 4.69) is 15.4 Å². The molecule has 2 aromatic heterocycles. The van der Waals surface area contributed by atoms with Crippen LogP contribution >= 0.6 is 0 Å². The van der Waals surface area contributed by atoms with Gasteiger partial charge >= 0.3 is 6.18 Å². The fourth-order valence-corrected chi connectivity index (χ4v) is 2.14. The molecule has 1 atom stereocenters. The van der Waals surface area contributed by atoms with E-state index < -0.39 is 17.8 Å². The smallest absolute Gasteiger partial charge is 0.305 e. The number of hydrogen-bond donors (Lipinski definition) is 1. The van der Waals surface area contributed by atoms with Crippen molar-refractivity contribution < 1.29 is 13.2 Å². The molecule has 7 heteroatoms. The zero-order valence-corrected chi connectivity index (χ0v) is 11.9. The minimum atomic E-state index is -4.42. The van der Waals surface area contributed by atoms with Crippen LogP contribution in [0.1, 0.15) is 36.2 Å². The highest BCUT2D eigenvalue weighted by Gasteiger charge is 2.36. The van der Waals surface area contributed by atoms with E-state index in [1.807, 2.05) is 6.92 Å². The highest BCUT2D eigenvalue weighted by atomic mass is 19.4. The second-order valence-corrected chi connectivity index (χ2v) is 4.76. The Labute approximate surface area is 121 Å². The lowest BCUT2D eigenvalue weighted by molar-refractivity contribution is -0.138. The van der Waals surface area contributed by atoms with E-state index >= 15 is 0 Å². The molecule has 0 saturated carbocycles. The molecule has 0 fully saturated rings. The molecule has 2 heterocycles. The van der Waals surface area contributed by atoms with Crippen LogP contribution < -0.4 is 5.32 Å². The summed E-state index contributed by atoms with van der Waals surface area (Å²) >= 11 is 0. The number of nitrogens with one attached hydrogen (secondary N) is 1. The van der Waals surface area contributed by atoms with Crippen molar-refractivity contribution in [2.75, 3.05) is 6.54 Å². The number of pyridine rings is 1. The first-order valence-corrected chi connectivity index (χ1v) is 6.67. The number of halogens is 3. The van der Waals surface area contributed by atoms with Gasteiger partial charge in [0.1, 0.15) is 0 Å². The van der Waals surface area contributed by atoms with E-state index in [1.54, 1.807) is 24.0 Å². The molecule has 0 aliphatic carbocycles. The lowest BCUT2D eigenvalue weighted by Gasteiger charge is -2.21. The Balaban J connectivity index is 2.46. The summed E-state index contributed by atoms with van der Waals surface area (Å²) in [4.78, 5) is 3.85. The normalized spacial score (nSPS) is 13.4. The third-order valence-corrected chi connectivity index (χ3v) is 3.10. The van der Waals surface area contributed by atoms with Crippen LogP contribution in [0.2, 0.25) is 0 Å². The molecule has 0 aliphatic heterocycles. The molecule has 0 radical (unpaired) electrons. The summed E-state index contributed by atoms with van der Waals surface area (Å²) in [6.45, 7) is 2.55. The van der Waals surface area contributed by atoms with Gasteiger partial charge in [0.2, 0.25) is 0 Å². The molecule has 0 aliphatic rings. The van der Waals surface area contributed by atoms with E-state index in [0.29, 0.717) is 12.2 Å². The highest BCUT2D eigenvalue weighted by Crippen LogP contribution is 2.35. The summed E-state index contributed by atoms with van der Waals surface area (Å²) in [5.41, 5.74) is -0.0432. The highest BCUT2D eigenvalue weighted by molar-refractivity contribution is 5.34. The van der Waals surface area contributed by atoms with Crippen molar-refractivity contribution in [3.8, 4) is 0 Å². The Bertz CT molecular complexity index is 592. The maximum atomic E-state index is 13.2. The van der Waals surface area contributed by atoms with Crippen molar-refractivity contribution >= 4 is 0 Å². The molecule has 0 bridgehead atoms. The van der Waals surface area contributed by atoms with Gasteiger partial charge in [-0.15, -0.1) is 0 Å². The molecule has 0 saturated heterocycles. The first-order valence-electron chi connectivity index (χ1n) is 6.67. The molecule has 4 nitrogen and oxygen atoms in total. The summed E-state index contributed by atoms with van der Waals surface area (Å²) in [6.07, 6.45) is 0.510. The lowest BCUT2D eigenvalue weighted by Crippen LogP contribution is -2.26. The van der Waals surface area contributed by atoms with Crippen LogP contribution in [0.25, 0.3) is 0 Å². The van der Waals surface area contributed by atoms with Gasteiger partial charge in [0.25, 0.3) is 0 Å². The van der Waals surface area contributed by atoms with Crippen LogP contribution in [-0.2, 0) is 13.2 Å². The average molecular weight is 298 g/mol. The number of alkyl halides is 3. The standard InChI is InChI=1S/C14H17F3N4/c1-3-6-19-13(12-5-8-21(2)20-12)10-9-18-7-4-11(10)14(15,16)17/h4-5,7-9,13,19H,3,6H2,1-2H3. The molecular formula is C14H17F3N4. The second-order valence-electron chi connectivity index (χ2n) is 4.76. The molecule has 0 amide bonds. The first-order chi connectivity index (χ1) is 9.93. The fourth-order valence-electron chi connectivity index (χ4n) is 2.14. The molecule has 2 rings (SSSR count). The molecule has 114 valence electrons. The first kappa shape index (κ1) is 15.5. The SMILES string of the molecule is CCCNC(c1ccn(C)n1)c1cnccc1C(F)(F)F. The van der Waals surface area contributed by atoms with Crippen LogP contribution in [0, 0.1) is 0 Å². The van der Waals surface area contributed by atoms with Gasteiger partial charge in [-0.05, 0) is 25.1 Å². The van der Waals surface area contributed by atoms with Crippen LogP contribution in [0.3, 0.4) is 0 Å². The summed E-state index contributed by atoms with van der Waals surface area (Å²) in [5, 5.41) is 7.33. The van der Waals surface area contributed by atoms with E-state index in [9.17, 15) is 13.2 Å². The summed E-state index contributed by atoms with van der Waals surface area (Å²) < 4.78 is 41.1. The molecular weight excluding hydrogens is 281 g/mol. The molecule has 21 heavy (non-hydrogen) atoms. The fraction of sp³-hybridized carbons (Fsp3) is 0.429. The molecule has 0 aromatic carbocycles. The predicted molar refractivity (Wildman–Crippen MR) is 72.6 cm³/mol. The van der Waals surface area contributed by atoms with E-state index in [0.717, 1.165) is 18.7 Å². The van der Waals surface area contributed by atoms with Crippen LogP contribution in [0.15, 0.2) is 30.7 Å². The van der Waals surface area contributed by atoms with Gasteiger partial charge in [-0.3, -0.25) is 9.67 Å². The van der Waals surface area contributed by atoms with E-state index in [-0.39, 0.29) is 5.56 Å². The molecule has 0 spiro atoms. The molecule has 2 aromatic rings. The second kappa shape index (κ2) is 6.26. The Hall–Kier alpha value is -1.89. The number of aromatic nitrogens is 3. The van der Waals surface area contributed by atoms with Gasteiger partial charge in [-0.1, -0.05) is 6.92 Å². The minimum Gasteiger partial charge on any atom is -0.305 e. The van der Waals surface area contributed by atoms with Crippen molar-refractivity contribution in [3.05, 3.63) is 47.5 Å². The van der Waals surface area contributed by atoms with Gasteiger partial charge < -0.3 is 5.32 Å². The molecule has 1 N–H and O–H groups in total. The Morgan fingerprint density at radius 3 is 2.67 bits per heavy atom. The van der Waals surface area contributed by atoms with Gasteiger partial charge in [0.15, 0.2) is 0 Å². The minimum absolute atomic E-state index is 0.0946. The van der Waals surface area contributed by atoms with E-state index in [4.69, 9.17) is 0 Å². The van der Waals surface area contributed by atoms with Gasteiger partial charge in [0.05, 0.1) is 17.3 Å². The Morgan fingerprint density at radius 2 is 2.10 bits per heavy atom. The van der Waals surface area contributed by atoms with Crippen LogP contribution in [0.5, 0.6) is 0 Å². The van der Waals surface area contributed by atoms with Gasteiger partial charge in [-0.2, -0.15) is 18.3 Å². The monoisotopic (exact) mass is 298 g/mol. The summed E-state index contributed by atoms with van der Waals surface area (Å²) in [5.74, 6) is 0. The van der Waals surface area contributed by atoms with Crippen LogP contribution in [-0.4, -0.2) is 21.3 Å². The van der Waals surface area contributed by atoms with Crippen molar-refractivity contribution in [1.82, 2.24) is 20.1 Å². The van der Waals surface area contributed by atoms with E-state index in [1.165, 1.54) is 6.20 Å². The molecule has 1 unspecified atom stereocenters.